The van der Waals surface area contributed by atoms with Crippen molar-refractivity contribution in [2.45, 2.75) is 38.8 Å². The van der Waals surface area contributed by atoms with Crippen molar-refractivity contribution < 1.29 is 9.59 Å². The van der Waals surface area contributed by atoms with Crippen LogP contribution in [0, 0.1) is 0 Å². The zero-order chi connectivity index (χ0) is 10.4. The molecule has 0 rings (SSSR count). The third-order valence-electron chi connectivity index (χ3n) is 1.72. The van der Waals surface area contributed by atoms with Crippen LogP contribution >= 0.6 is 0 Å². The Kier molecular flexibility index (Phi) is 5.06. The van der Waals surface area contributed by atoms with Gasteiger partial charge in [0.15, 0.2) is 0 Å². The molecule has 0 aromatic heterocycles. The third-order valence-corrected chi connectivity index (χ3v) is 1.72. The molecule has 0 spiro atoms. The van der Waals surface area contributed by atoms with E-state index in [9.17, 15) is 9.59 Å². The molecule has 0 saturated carbocycles. The summed E-state index contributed by atoms with van der Waals surface area (Å²) in [6.45, 7) is 3.46. The minimum atomic E-state index is -0.657. The molecule has 2 amide bonds. The molecule has 0 heterocycles. The van der Waals surface area contributed by atoms with Crippen LogP contribution in [0.15, 0.2) is 0 Å². The molecule has 0 aromatic rings. The summed E-state index contributed by atoms with van der Waals surface area (Å²) in [7, 11) is 0. The lowest BCUT2D eigenvalue weighted by molar-refractivity contribution is -0.127. The molecule has 76 valence electrons. The van der Waals surface area contributed by atoms with Crippen molar-refractivity contribution in [2.75, 3.05) is 0 Å². The maximum atomic E-state index is 11.2. The number of primary amides is 1. The SMILES string of the molecule is CCCC(N)C(=O)NC(C)C(N)=O. The van der Waals surface area contributed by atoms with E-state index in [-0.39, 0.29) is 5.91 Å². The topological polar surface area (TPSA) is 98.2 Å². The molecule has 0 aliphatic heterocycles. The predicted molar refractivity (Wildman–Crippen MR) is 49.7 cm³/mol. The molecule has 0 aliphatic carbocycles. The molecule has 0 fully saturated rings. The van der Waals surface area contributed by atoms with Gasteiger partial charge in [0.1, 0.15) is 6.04 Å². The lowest BCUT2D eigenvalue weighted by Crippen LogP contribution is -2.48. The van der Waals surface area contributed by atoms with E-state index in [1.807, 2.05) is 6.92 Å². The van der Waals surface area contributed by atoms with Crippen LogP contribution in [0.3, 0.4) is 0 Å². The molecule has 0 bridgehead atoms. The molecule has 5 N–H and O–H groups in total. The maximum Gasteiger partial charge on any atom is 0.239 e. The van der Waals surface area contributed by atoms with Gasteiger partial charge in [0.2, 0.25) is 11.8 Å². The first kappa shape index (κ1) is 11.9. The second kappa shape index (κ2) is 5.53. The fourth-order valence-corrected chi connectivity index (χ4v) is 0.834. The zero-order valence-corrected chi connectivity index (χ0v) is 8.04. The van der Waals surface area contributed by atoms with E-state index in [0.29, 0.717) is 6.42 Å². The fraction of sp³-hybridized carbons (Fsp3) is 0.750. The Morgan fingerprint density at radius 3 is 2.38 bits per heavy atom. The number of rotatable bonds is 5. The van der Waals surface area contributed by atoms with E-state index in [2.05, 4.69) is 5.32 Å². The number of hydrogen-bond acceptors (Lipinski definition) is 3. The number of nitrogens with one attached hydrogen (secondary N) is 1. The summed E-state index contributed by atoms with van der Waals surface area (Å²) < 4.78 is 0. The summed E-state index contributed by atoms with van der Waals surface area (Å²) in [5, 5.41) is 2.43. The van der Waals surface area contributed by atoms with E-state index in [1.165, 1.54) is 6.92 Å². The number of hydrogen-bond donors (Lipinski definition) is 3. The summed E-state index contributed by atoms with van der Waals surface area (Å²) in [5.74, 6) is -0.884. The Bertz CT molecular complexity index is 194. The standard InChI is InChI=1S/C8H17N3O2/c1-3-4-6(9)8(13)11-5(2)7(10)12/h5-6H,3-4,9H2,1-2H3,(H2,10,12)(H,11,13). The molecule has 0 radical (unpaired) electrons. The van der Waals surface area contributed by atoms with Crippen molar-refractivity contribution in [2.24, 2.45) is 11.5 Å². The molecule has 2 atom stereocenters. The van der Waals surface area contributed by atoms with E-state index in [1.54, 1.807) is 0 Å². The minimum absolute atomic E-state index is 0.326. The van der Waals surface area contributed by atoms with Gasteiger partial charge in [-0.15, -0.1) is 0 Å². The maximum absolute atomic E-state index is 11.2. The van der Waals surface area contributed by atoms with Crippen molar-refractivity contribution in [1.82, 2.24) is 5.32 Å². The highest BCUT2D eigenvalue weighted by Gasteiger charge is 2.16. The van der Waals surface area contributed by atoms with Crippen LogP contribution in [0.2, 0.25) is 0 Å². The van der Waals surface area contributed by atoms with Crippen LogP contribution in [-0.4, -0.2) is 23.9 Å². The average Bonchev–Trinajstić information content (AvgIpc) is 2.04. The number of nitrogens with two attached hydrogens (primary N) is 2. The first-order valence-electron chi connectivity index (χ1n) is 4.34. The highest BCUT2D eigenvalue weighted by Crippen LogP contribution is 1.93. The number of carbonyl (C=O) groups excluding carboxylic acids is 2. The number of carbonyl (C=O) groups is 2. The summed E-state index contributed by atoms with van der Waals surface area (Å²) in [6, 6.07) is -1.21. The van der Waals surface area contributed by atoms with Crippen LogP contribution in [0.1, 0.15) is 26.7 Å². The highest BCUT2D eigenvalue weighted by atomic mass is 16.2. The molecule has 2 unspecified atom stereocenters. The van der Waals surface area contributed by atoms with Crippen LogP contribution in [-0.2, 0) is 9.59 Å². The van der Waals surface area contributed by atoms with Gasteiger partial charge < -0.3 is 16.8 Å². The van der Waals surface area contributed by atoms with Crippen molar-refractivity contribution in [3.8, 4) is 0 Å². The first-order valence-corrected chi connectivity index (χ1v) is 4.34. The first-order chi connectivity index (χ1) is 5.99. The fourth-order valence-electron chi connectivity index (χ4n) is 0.834. The van der Waals surface area contributed by atoms with Crippen molar-refractivity contribution in [3.05, 3.63) is 0 Å². The third kappa shape index (κ3) is 4.47. The Hall–Kier alpha value is -1.10. The van der Waals surface area contributed by atoms with Crippen molar-refractivity contribution in [1.29, 1.82) is 0 Å². The van der Waals surface area contributed by atoms with Crippen LogP contribution < -0.4 is 16.8 Å². The Morgan fingerprint density at radius 2 is 2.00 bits per heavy atom. The van der Waals surface area contributed by atoms with Gasteiger partial charge >= 0.3 is 0 Å². The van der Waals surface area contributed by atoms with E-state index in [4.69, 9.17) is 11.5 Å². The molecule has 5 nitrogen and oxygen atoms in total. The van der Waals surface area contributed by atoms with Gasteiger partial charge in [0.25, 0.3) is 0 Å². The summed E-state index contributed by atoms with van der Waals surface area (Å²) in [6.07, 6.45) is 1.44. The molecule has 0 saturated heterocycles. The summed E-state index contributed by atoms with van der Waals surface area (Å²) in [5.41, 5.74) is 10.5. The van der Waals surface area contributed by atoms with Gasteiger partial charge in [-0.25, -0.2) is 0 Å². The molecule has 0 aromatic carbocycles. The van der Waals surface area contributed by atoms with Gasteiger partial charge in [-0.1, -0.05) is 13.3 Å². The van der Waals surface area contributed by atoms with E-state index in [0.717, 1.165) is 6.42 Å². The minimum Gasteiger partial charge on any atom is -0.368 e. The second-order valence-corrected chi connectivity index (χ2v) is 3.03. The monoisotopic (exact) mass is 187 g/mol. The van der Waals surface area contributed by atoms with Crippen molar-refractivity contribution >= 4 is 11.8 Å². The summed E-state index contributed by atoms with van der Waals surface area (Å²) >= 11 is 0. The molecular weight excluding hydrogens is 170 g/mol. The van der Waals surface area contributed by atoms with Gasteiger partial charge in [0, 0.05) is 0 Å². The molecule has 13 heavy (non-hydrogen) atoms. The van der Waals surface area contributed by atoms with Crippen LogP contribution in [0.4, 0.5) is 0 Å². The van der Waals surface area contributed by atoms with Gasteiger partial charge in [0.05, 0.1) is 6.04 Å². The van der Waals surface area contributed by atoms with Crippen LogP contribution in [0.25, 0.3) is 0 Å². The highest BCUT2D eigenvalue weighted by molar-refractivity contribution is 5.88. The number of amides is 2. The van der Waals surface area contributed by atoms with Gasteiger partial charge in [-0.3, -0.25) is 9.59 Å². The predicted octanol–water partition coefficient (Wildman–Crippen LogP) is -0.896. The molecule has 5 heteroatoms. The molecule has 0 aliphatic rings. The van der Waals surface area contributed by atoms with E-state index >= 15 is 0 Å². The van der Waals surface area contributed by atoms with Crippen LogP contribution in [0.5, 0.6) is 0 Å². The Labute approximate surface area is 77.8 Å². The zero-order valence-electron chi connectivity index (χ0n) is 8.04. The smallest absolute Gasteiger partial charge is 0.239 e. The second-order valence-electron chi connectivity index (χ2n) is 3.03. The van der Waals surface area contributed by atoms with Gasteiger partial charge in [-0.2, -0.15) is 0 Å². The van der Waals surface area contributed by atoms with E-state index < -0.39 is 18.0 Å². The Balaban J connectivity index is 3.92. The largest absolute Gasteiger partial charge is 0.368 e. The normalized spacial score (nSPS) is 14.7. The molecular formula is C8H17N3O2. The quantitative estimate of drug-likeness (QED) is 0.520. The Morgan fingerprint density at radius 1 is 1.46 bits per heavy atom. The average molecular weight is 187 g/mol. The van der Waals surface area contributed by atoms with Crippen molar-refractivity contribution in [3.63, 3.8) is 0 Å². The lowest BCUT2D eigenvalue weighted by atomic mass is 10.1. The lowest BCUT2D eigenvalue weighted by Gasteiger charge is -2.14. The summed E-state index contributed by atoms with van der Waals surface area (Å²) in [4.78, 5) is 21.8. The van der Waals surface area contributed by atoms with Gasteiger partial charge in [-0.05, 0) is 13.3 Å².